The molecule has 5 rings (SSSR count). The number of H-pyrrole nitrogens is 1. The first-order valence-electron chi connectivity index (χ1n) is 11.0. The predicted molar refractivity (Wildman–Crippen MR) is 119 cm³/mol. The first-order valence-corrected chi connectivity index (χ1v) is 11.0. The lowest BCUT2D eigenvalue weighted by atomic mass is 10.1. The fourth-order valence-corrected chi connectivity index (χ4v) is 4.65. The van der Waals surface area contributed by atoms with Crippen LogP contribution >= 0.6 is 0 Å². The summed E-state index contributed by atoms with van der Waals surface area (Å²) < 4.78 is 6.27. The van der Waals surface area contributed by atoms with Crippen molar-refractivity contribution in [1.29, 1.82) is 0 Å². The van der Waals surface area contributed by atoms with Gasteiger partial charge in [-0.3, -0.25) is 4.79 Å². The molecule has 3 heterocycles. The summed E-state index contributed by atoms with van der Waals surface area (Å²) in [6, 6.07) is 16.9. The molecule has 0 spiro atoms. The van der Waals surface area contributed by atoms with Gasteiger partial charge in [0.2, 0.25) is 0 Å². The number of ether oxygens (including phenoxy) is 1. The van der Waals surface area contributed by atoms with Crippen LogP contribution in [0.15, 0.2) is 48.5 Å². The first-order chi connectivity index (χ1) is 14.6. The van der Waals surface area contributed by atoms with E-state index in [4.69, 9.17) is 4.74 Å². The number of nitrogens with zero attached hydrogens (tertiary/aromatic N) is 2. The van der Waals surface area contributed by atoms with Crippen molar-refractivity contribution in [2.75, 3.05) is 13.1 Å². The van der Waals surface area contributed by atoms with E-state index in [1.165, 1.54) is 11.1 Å². The number of piperidine rings is 1. The molecule has 1 N–H and O–H groups in total. The molecule has 30 heavy (non-hydrogen) atoms. The standard InChI is InChI=1S/C25H29N3O2/c1-17(2)27-11-9-21(10-12-27)30-22-7-8-23-20(13-22)14-24(26-23)25(29)28-15-18-5-3-4-6-19(18)16-28/h3-8,13-14,17,21,26H,9-12,15-16H2,1-2H3. The van der Waals surface area contributed by atoms with E-state index < -0.39 is 0 Å². The SMILES string of the molecule is CC(C)N1CCC(Oc2ccc3[nH]c(C(=O)N4Cc5ccccc5C4)cc3c2)CC1. The molecule has 1 fully saturated rings. The molecule has 0 saturated carbocycles. The van der Waals surface area contributed by atoms with E-state index in [0.717, 1.165) is 42.6 Å². The van der Waals surface area contributed by atoms with Crippen LogP contribution in [-0.4, -0.2) is 45.9 Å². The minimum Gasteiger partial charge on any atom is -0.490 e. The van der Waals surface area contributed by atoms with Crippen molar-refractivity contribution in [3.05, 3.63) is 65.4 Å². The molecule has 2 aromatic carbocycles. The Morgan fingerprint density at radius 3 is 2.40 bits per heavy atom. The van der Waals surface area contributed by atoms with Gasteiger partial charge in [0, 0.05) is 43.1 Å². The highest BCUT2D eigenvalue weighted by molar-refractivity contribution is 5.98. The lowest BCUT2D eigenvalue weighted by Crippen LogP contribution is -2.41. The maximum Gasteiger partial charge on any atom is 0.270 e. The minimum atomic E-state index is 0.0472. The lowest BCUT2D eigenvalue weighted by Gasteiger charge is -2.34. The number of aromatic amines is 1. The fourth-order valence-electron chi connectivity index (χ4n) is 4.65. The average Bonchev–Trinajstić information content (AvgIpc) is 3.37. The molecule has 0 radical (unpaired) electrons. The van der Waals surface area contributed by atoms with Crippen molar-refractivity contribution in [1.82, 2.24) is 14.8 Å². The number of likely N-dealkylation sites (tertiary alicyclic amines) is 1. The molecule has 1 amide bonds. The number of carbonyl (C=O) groups is 1. The summed E-state index contributed by atoms with van der Waals surface area (Å²) in [5.74, 6) is 0.933. The fraction of sp³-hybridized carbons (Fsp3) is 0.400. The number of fused-ring (bicyclic) bond motifs is 2. The van der Waals surface area contributed by atoms with E-state index in [9.17, 15) is 4.79 Å². The highest BCUT2D eigenvalue weighted by Gasteiger charge is 2.25. The number of rotatable bonds is 4. The van der Waals surface area contributed by atoms with Gasteiger partial charge in [0.1, 0.15) is 17.5 Å². The van der Waals surface area contributed by atoms with Gasteiger partial charge in [-0.2, -0.15) is 0 Å². The molecule has 1 saturated heterocycles. The van der Waals surface area contributed by atoms with E-state index >= 15 is 0 Å². The number of benzene rings is 2. The molecule has 0 bridgehead atoms. The molecule has 2 aliphatic heterocycles. The van der Waals surface area contributed by atoms with Crippen molar-refractivity contribution >= 4 is 16.8 Å². The predicted octanol–water partition coefficient (Wildman–Crippen LogP) is 4.58. The Hall–Kier alpha value is -2.79. The van der Waals surface area contributed by atoms with Crippen LogP contribution in [0.25, 0.3) is 10.9 Å². The van der Waals surface area contributed by atoms with E-state index in [1.807, 2.05) is 35.2 Å². The van der Waals surface area contributed by atoms with Gasteiger partial charge in [0.05, 0.1) is 0 Å². The second-order valence-corrected chi connectivity index (χ2v) is 8.81. The smallest absolute Gasteiger partial charge is 0.270 e. The zero-order valence-electron chi connectivity index (χ0n) is 17.7. The number of nitrogens with one attached hydrogen (secondary N) is 1. The molecule has 0 aliphatic carbocycles. The Morgan fingerprint density at radius 1 is 1.03 bits per heavy atom. The summed E-state index contributed by atoms with van der Waals surface area (Å²) in [5, 5.41) is 1.02. The van der Waals surface area contributed by atoms with Gasteiger partial charge >= 0.3 is 0 Å². The summed E-state index contributed by atoms with van der Waals surface area (Å²) in [6.07, 6.45) is 2.38. The van der Waals surface area contributed by atoms with Crippen LogP contribution in [-0.2, 0) is 13.1 Å². The Kier molecular flexibility index (Phi) is 4.99. The van der Waals surface area contributed by atoms with Crippen molar-refractivity contribution in [3.63, 3.8) is 0 Å². The van der Waals surface area contributed by atoms with Crippen LogP contribution in [0.2, 0.25) is 0 Å². The van der Waals surface area contributed by atoms with Crippen molar-refractivity contribution in [2.45, 2.75) is 51.9 Å². The van der Waals surface area contributed by atoms with Gasteiger partial charge in [-0.15, -0.1) is 0 Å². The molecular formula is C25H29N3O2. The quantitative estimate of drug-likeness (QED) is 0.694. The first kappa shape index (κ1) is 19.2. The number of hydrogen-bond acceptors (Lipinski definition) is 3. The Labute approximate surface area is 177 Å². The minimum absolute atomic E-state index is 0.0472. The Balaban J connectivity index is 1.27. The molecule has 0 unspecified atom stereocenters. The maximum atomic E-state index is 13.0. The topological polar surface area (TPSA) is 48.6 Å². The number of carbonyl (C=O) groups excluding carboxylic acids is 1. The average molecular weight is 404 g/mol. The van der Waals surface area contributed by atoms with E-state index in [2.05, 4.69) is 41.9 Å². The van der Waals surface area contributed by atoms with E-state index in [1.54, 1.807) is 0 Å². The number of hydrogen-bond donors (Lipinski definition) is 1. The van der Waals surface area contributed by atoms with Crippen LogP contribution < -0.4 is 4.74 Å². The van der Waals surface area contributed by atoms with Crippen LogP contribution in [0.5, 0.6) is 5.75 Å². The van der Waals surface area contributed by atoms with Crippen molar-refractivity contribution in [2.24, 2.45) is 0 Å². The van der Waals surface area contributed by atoms with Gasteiger partial charge in [-0.1, -0.05) is 24.3 Å². The second kappa shape index (κ2) is 7.80. The summed E-state index contributed by atoms with van der Waals surface area (Å²) in [6.45, 7) is 8.03. The van der Waals surface area contributed by atoms with E-state index in [-0.39, 0.29) is 12.0 Å². The summed E-state index contributed by atoms with van der Waals surface area (Å²) >= 11 is 0. The van der Waals surface area contributed by atoms with E-state index in [0.29, 0.717) is 24.8 Å². The highest BCUT2D eigenvalue weighted by Crippen LogP contribution is 2.28. The lowest BCUT2D eigenvalue weighted by molar-refractivity contribution is 0.0746. The van der Waals surface area contributed by atoms with Gasteiger partial charge in [0.15, 0.2) is 0 Å². The second-order valence-electron chi connectivity index (χ2n) is 8.81. The monoisotopic (exact) mass is 403 g/mol. The van der Waals surface area contributed by atoms with Crippen molar-refractivity contribution in [3.8, 4) is 5.75 Å². The molecule has 2 aliphatic rings. The molecule has 5 heteroatoms. The van der Waals surface area contributed by atoms with Gasteiger partial charge < -0.3 is 19.5 Å². The molecule has 0 atom stereocenters. The molecular weight excluding hydrogens is 374 g/mol. The molecule has 156 valence electrons. The summed E-state index contributed by atoms with van der Waals surface area (Å²) in [4.78, 5) is 20.7. The molecule has 1 aromatic heterocycles. The largest absolute Gasteiger partial charge is 0.490 e. The van der Waals surface area contributed by atoms with Gasteiger partial charge in [0.25, 0.3) is 5.91 Å². The Bertz CT molecular complexity index is 1040. The normalized spacial score (nSPS) is 17.6. The van der Waals surface area contributed by atoms with Crippen molar-refractivity contribution < 1.29 is 9.53 Å². The molecule has 5 nitrogen and oxygen atoms in total. The number of amides is 1. The summed E-state index contributed by atoms with van der Waals surface area (Å²) in [7, 11) is 0. The zero-order chi connectivity index (χ0) is 20.7. The number of aromatic nitrogens is 1. The van der Waals surface area contributed by atoms with Crippen LogP contribution in [0.1, 0.15) is 48.3 Å². The van der Waals surface area contributed by atoms with Crippen LogP contribution in [0, 0.1) is 0 Å². The third kappa shape index (κ3) is 3.70. The highest BCUT2D eigenvalue weighted by atomic mass is 16.5. The molecule has 3 aromatic rings. The van der Waals surface area contributed by atoms with Gasteiger partial charge in [-0.25, -0.2) is 0 Å². The van der Waals surface area contributed by atoms with Crippen LogP contribution in [0.4, 0.5) is 0 Å². The third-order valence-electron chi connectivity index (χ3n) is 6.46. The van der Waals surface area contributed by atoms with Crippen LogP contribution in [0.3, 0.4) is 0 Å². The maximum absolute atomic E-state index is 13.0. The third-order valence-corrected chi connectivity index (χ3v) is 6.46. The zero-order valence-corrected chi connectivity index (χ0v) is 17.7. The summed E-state index contributed by atoms with van der Waals surface area (Å²) in [5.41, 5.74) is 4.08. The van der Waals surface area contributed by atoms with Gasteiger partial charge in [-0.05, 0) is 62.1 Å². The Morgan fingerprint density at radius 2 is 1.73 bits per heavy atom.